The maximum absolute atomic E-state index is 11.9. The molecule has 0 N–H and O–H groups in total. The number of piperidine rings is 1. The second-order valence-electron chi connectivity index (χ2n) is 5.13. The van der Waals surface area contributed by atoms with Crippen molar-refractivity contribution in [2.45, 2.75) is 47.0 Å². The summed E-state index contributed by atoms with van der Waals surface area (Å²) < 4.78 is 28.3. The molecule has 2 aliphatic heterocycles. The summed E-state index contributed by atoms with van der Waals surface area (Å²) in [5, 5.41) is 0. The van der Waals surface area contributed by atoms with Crippen LogP contribution in [0.25, 0.3) is 0 Å². The van der Waals surface area contributed by atoms with Crippen LogP contribution in [0.4, 0.5) is 13.6 Å². The standard InChI is InChI=1S/C11H18F2N2O2.2C2H6/c1-14-7-11(8-14)2-4-15(5-3-11)10(16)17-6-9(12)13;2*1-2/h9H,2-8H2,1H3;2*1-2H3. The largest absolute Gasteiger partial charge is 0.443 e. The topological polar surface area (TPSA) is 32.8 Å². The van der Waals surface area contributed by atoms with E-state index in [1.165, 1.54) is 4.90 Å². The summed E-state index contributed by atoms with van der Waals surface area (Å²) in [6.45, 7) is 10.6. The number of amides is 1. The van der Waals surface area contributed by atoms with E-state index >= 15 is 0 Å². The fourth-order valence-electron chi connectivity index (χ4n) is 2.80. The number of alkyl halides is 2. The molecule has 0 aliphatic carbocycles. The van der Waals surface area contributed by atoms with E-state index < -0.39 is 19.1 Å². The normalized spacial score (nSPS) is 19.9. The van der Waals surface area contributed by atoms with Crippen molar-refractivity contribution in [1.29, 1.82) is 0 Å². The number of hydrogen-bond acceptors (Lipinski definition) is 3. The summed E-state index contributed by atoms with van der Waals surface area (Å²) in [6, 6.07) is 0. The van der Waals surface area contributed by atoms with Crippen molar-refractivity contribution < 1.29 is 18.3 Å². The zero-order valence-electron chi connectivity index (χ0n) is 14.0. The Morgan fingerprint density at radius 3 is 2.00 bits per heavy atom. The van der Waals surface area contributed by atoms with Gasteiger partial charge in [-0.3, -0.25) is 0 Å². The average Bonchev–Trinajstić information content (AvgIpc) is 2.48. The van der Waals surface area contributed by atoms with Gasteiger partial charge in [0.1, 0.15) is 0 Å². The summed E-state index contributed by atoms with van der Waals surface area (Å²) in [6.07, 6.45) is -1.30. The lowest BCUT2D eigenvalue weighted by molar-refractivity contribution is -0.0346. The van der Waals surface area contributed by atoms with Gasteiger partial charge in [0.25, 0.3) is 6.43 Å². The highest BCUT2D eigenvalue weighted by Gasteiger charge is 2.43. The van der Waals surface area contributed by atoms with Gasteiger partial charge in [-0.25, -0.2) is 13.6 Å². The van der Waals surface area contributed by atoms with Crippen LogP contribution in [0.5, 0.6) is 0 Å². The third-order valence-electron chi connectivity index (χ3n) is 3.63. The van der Waals surface area contributed by atoms with Gasteiger partial charge in [-0.2, -0.15) is 0 Å². The molecule has 2 rings (SSSR count). The number of nitrogens with zero attached hydrogens (tertiary/aromatic N) is 2. The Morgan fingerprint density at radius 1 is 1.14 bits per heavy atom. The molecule has 21 heavy (non-hydrogen) atoms. The van der Waals surface area contributed by atoms with E-state index in [-0.39, 0.29) is 0 Å². The van der Waals surface area contributed by atoms with Crippen molar-refractivity contribution >= 4 is 6.09 Å². The predicted octanol–water partition coefficient (Wildman–Crippen LogP) is 3.47. The molecule has 2 aliphatic rings. The van der Waals surface area contributed by atoms with Gasteiger partial charge < -0.3 is 14.5 Å². The Bertz CT molecular complexity index is 285. The van der Waals surface area contributed by atoms with E-state index in [0.717, 1.165) is 25.9 Å². The summed E-state index contributed by atoms with van der Waals surface area (Å²) in [4.78, 5) is 15.2. The maximum Gasteiger partial charge on any atom is 0.409 e. The van der Waals surface area contributed by atoms with Crippen molar-refractivity contribution in [3.8, 4) is 0 Å². The zero-order valence-corrected chi connectivity index (χ0v) is 14.0. The molecule has 0 saturated carbocycles. The number of likely N-dealkylation sites (tertiary alicyclic amines) is 2. The van der Waals surface area contributed by atoms with E-state index in [1.54, 1.807) is 0 Å². The van der Waals surface area contributed by atoms with Crippen LogP contribution < -0.4 is 0 Å². The Morgan fingerprint density at radius 2 is 1.62 bits per heavy atom. The van der Waals surface area contributed by atoms with Crippen LogP contribution in [-0.4, -0.2) is 62.2 Å². The van der Waals surface area contributed by atoms with Gasteiger partial charge in [-0.1, -0.05) is 27.7 Å². The quantitative estimate of drug-likeness (QED) is 0.783. The van der Waals surface area contributed by atoms with E-state index in [4.69, 9.17) is 0 Å². The van der Waals surface area contributed by atoms with Gasteiger partial charge in [-0.05, 0) is 25.3 Å². The van der Waals surface area contributed by atoms with E-state index in [0.29, 0.717) is 18.5 Å². The van der Waals surface area contributed by atoms with Crippen molar-refractivity contribution in [1.82, 2.24) is 9.80 Å². The molecule has 6 heteroatoms. The summed E-state index contributed by atoms with van der Waals surface area (Å²) in [7, 11) is 2.08. The first kappa shape index (κ1) is 20.1. The molecule has 0 aromatic rings. The fraction of sp³-hybridized carbons (Fsp3) is 0.933. The molecule has 0 bridgehead atoms. The minimum absolute atomic E-state index is 0.355. The fourth-order valence-corrected chi connectivity index (χ4v) is 2.80. The molecule has 0 radical (unpaired) electrons. The highest BCUT2D eigenvalue weighted by molar-refractivity contribution is 5.67. The molecule has 1 amide bonds. The van der Waals surface area contributed by atoms with E-state index in [1.807, 2.05) is 27.7 Å². The first-order valence-electron chi connectivity index (χ1n) is 7.89. The molecule has 126 valence electrons. The van der Waals surface area contributed by atoms with E-state index in [9.17, 15) is 13.6 Å². The second kappa shape index (κ2) is 9.92. The summed E-state index contributed by atoms with van der Waals surface area (Å²) in [5.74, 6) is 0. The number of hydrogen-bond donors (Lipinski definition) is 0. The number of rotatable bonds is 2. The van der Waals surface area contributed by atoms with Gasteiger partial charge in [0.2, 0.25) is 0 Å². The van der Waals surface area contributed by atoms with Crippen molar-refractivity contribution in [2.75, 3.05) is 39.8 Å². The van der Waals surface area contributed by atoms with Crippen LogP contribution in [0.15, 0.2) is 0 Å². The SMILES string of the molecule is CC.CC.CN1CC2(CCN(C(=O)OCC(F)F)CC2)C1. The minimum Gasteiger partial charge on any atom is -0.443 e. The van der Waals surface area contributed by atoms with Crippen molar-refractivity contribution in [3.05, 3.63) is 0 Å². The molecule has 2 fully saturated rings. The number of ether oxygens (including phenoxy) is 1. The first-order valence-corrected chi connectivity index (χ1v) is 7.89. The molecule has 0 atom stereocenters. The minimum atomic E-state index is -2.59. The first-order chi connectivity index (χ1) is 10.0. The van der Waals surface area contributed by atoms with Gasteiger partial charge in [-0.15, -0.1) is 0 Å². The highest BCUT2D eigenvalue weighted by atomic mass is 19.3. The van der Waals surface area contributed by atoms with Gasteiger partial charge in [0.15, 0.2) is 6.61 Å². The molecular weight excluding hydrogens is 278 g/mol. The number of carbonyl (C=O) groups is 1. The molecule has 1 spiro atoms. The Hall–Kier alpha value is -0.910. The average molecular weight is 308 g/mol. The van der Waals surface area contributed by atoms with Gasteiger partial charge >= 0.3 is 6.09 Å². The molecule has 4 nitrogen and oxygen atoms in total. The lowest BCUT2D eigenvalue weighted by atomic mass is 9.72. The molecule has 2 heterocycles. The van der Waals surface area contributed by atoms with Gasteiger partial charge in [0.05, 0.1) is 0 Å². The number of carbonyl (C=O) groups excluding carboxylic acids is 1. The molecule has 0 unspecified atom stereocenters. The lowest BCUT2D eigenvalue weighted by Crippen LogP contribution is -2.59. The van der Waals surface area contributed by atoms with Crippen LogP contribution in [0.3, 0.4) is 0 Å². The van der Waals surface area contributed by atoms with Crippen LogP contribution in [0.2, 0.25) is 0 Å². The van der Waals surface area contributed by atoms with Crippen molar-refractivity contribution in [2.24, 2.45) is 5.41 Å². The predicted molar refractivity (Wildman–Crippen MR) is 80.8 cm³/mol. The Balaban J connectivity index is 0.000000921. The van der Waals surface area contributed by atoms with Crippen LogP contribution in [0, 0.1) is 5.41 Å². The Kier molecular flexibility index (Phi) is 9.49. The summed E-state index contributed by atoms with van der Waals surface area (Å²) >= 11 is 0. The maximum atomic E-state index is 11.9. The third kappa shape index (κ3) is 6.16. The van der Waals surface area contributed by atoms with Crippen LogP contribution in [0.1, 0.15) is 40.5 Å². The highest BCUT2D eigenvalue weighted by Crippen LogP contribution is 2.39. The van der Waals surface area contributed by atoms with Crippen molar-refractivity contribution in [3.63, 3.8) is 0 Å². The Labute approximate surface area is 127 Å². The molecule has 0 aromatic heterocycles. The summed E-state index contributed by atoms with van der Waals surface area (Å²) in [5.41, 5.74) is 0.355. The second-order valence-corrected chi connectivity index (χ2v) is 5.13. The van der Waals surface area contributed by atoms with Crippen LogP contribution >= 0.6 is 0 Å². The smallest absolute Gasteiger partial charge is 0.409 e. The number of halogens is 2. The van der Waals surface area contributed by atoms with Gasteiger partial charge in [0, 0.05) is 26.2 Å². The molecule has 2 saturated heterocycles. The van der Waals surface area contributed by atoms with E-state index in [2.05, 4.69) is 16.7 Å². The molecular formula is C15H30F2N2O2. The zero-order chi connectivity index (χ0) is 16.5. The molecule has 0 aromatic carbocycles. The monoisotopic (exact) mass is 308 g/mol. The van der Waals surface area contributed by atoms with Crippen LogP contribution in [-0.2, 0) is 4.74 Å². The third-order valence-corrected chi connectivity index (χ3v) is 3.63. The lowest BCUT2D eigenvalue weighted by Gasteiger charge is -2.52.